The molecule has 0 bridgehead atoms. The fourth-order valence-electron chi connectivity index (χ4n) is 3.78. The molecule has 1 saturated carbocycles. The topological polar surface area (TPSA) is 3.24 Å². The van der Waals surface area contributed by atoms with Crippen LogP contribution < -0.4 is 0 Å². The van der Waals surface area contributed by atoms with Crippen molar-refractivity contribution in [3.8, 4) is 0 Å². The van der Waals surface area contributed by atoms with Crippen LogP contribution in [0.2, 0.25) is 0 Å². The molecule has 0 N–H and O–H groups in total. The third kappa shape index (κ3) is 1.37. The lowest BCUT2D eigenvalue weighted by atomic mass is 9.82. The lowest BCUT2D eigenvalue weighted by Gasteiger charge is -2.33. The number of fused-ring (bicyclic) bond motifs is 1. The predicted octanol–water partition coefficient (Wildman–Crippen LogP) is 3.00. The third-order valence-electron chi connectivity index (χ3n) is 4.42. The molecule has 1 nitrogen and oxygen atoms in total. The summed E-state index contributed by atoms with van der Waals surface area (Å²) in [4.78, 5) is 2.27. The van der Waals surface area contributed by atoms with Gasteiger partial charge in [0.15, 0.2) is 0 Å². The van der Waals surface area contributed by atoms with E-state index in [0.29, 0.717) is 6.42 Å². The molecule has 1 aliphatic carbocycles. The third-order valence-corrected chi connectivity index (χ3v) is 4.42. The van der Waals surface area contributed by atoms with Gasteiger partial charge in [-0.15, -0.1) is 0 Å². The Morgan fingerprint density at radius 1 is 1.60 bits per heavy atom. The lowest BCUT2D eigenvalue weighted by Crippen LogP contribution is -2.39. The summed E-state index contributed by atoms with van der Waals surface area (Å²) in [5, 5.41) is 0. The number of alkyl halides is 1. The van der Waals surface area contributed by atoms with Gasteiger partial charge in [0, 0.05) is 20.2 Å². The first kappa shape index (κ1) is 8.05. The standard InChI is InChI=1S/C13H22FN/c1-10(2)6-13-4-3-5-15(13)9-12(8-13)7-11(12)14/h10-11H,3-9H2,1-2H3/t11-,12-,13+/m0/s1/i6D2. The van der Waals surface area contributed by atoms with Gasteiger partial charge >= 0.3 is 0 Å². The molecule has 3 atom stereocenters. The van der Waals surface area contributed by atoms with Crippen molar-refractivity contribution >= 4 is 0 Å². The van der Waals surface area contributed by atoms with Gasteiger partial charge in [-0.1, -0.05) is 13.8 Å². The van der Waals surface area contributed by atoms with Crippen LogP contribution in [-0.4, -0.2) is 29.7 Å². The fraction of sp³-hybridized carbons (Fsp3) is 1.00. The monoisotopic (exact) mass is 213 g/mol. The molecule has 86 valence electrons. The number of halogens is 1. The maximum atomic E-state index is 13.6. The van der Waals surface area contributed by atoms with Gasteiger partial charge < -0.3 is 0 Å². The second-order valence-corrected chi connectivity index (χ2v) is 6.07. The summed E-state index contributed by atoms with van der Waals surface area (Å²) >= 11 is 0. The van der Waals surface area contributed by atoms with Crippen molar-refractivity contribution in [1.29, 1.82) is 0 Å². The van der Waals surface area contributed by atoms with E-state index < -0.39 is 12.5 Å². The average molecular weight is 213 g/mol. The molecule has 0 aromatic carbocycles. The Labute approximate surface area is 94.8 Å². The van der Waals surface area contributed by atoms with Crippen molar-refractivity contribution in [2.75, 3.05) is 13.1 Å². The predicted molar refractivity (Wildman–Crippen MR) is 59.6 cm³/mol. The van der Waals surface area contributed by atoms with Crippen molar-refractivity contribution in [2.45, 2.75) is 57.6 Å². The quantitative estimate of drug-likeness (QED) is 0.681. The molecule has 3 aliphatic rings. The number of hydrogen-bond acceptors (Lipinski definition) is 1. The van der Waals surface area contributed by atoms with Crippen molar-refractivity contribution in [1.82, 2.24) is 4.90 Å². The molecular formula is C13H22FN. The number of nitrogens with zero attached hydrogens (tertiary/aromatic N) is 1. The average Bonchev–Trinajstić information content (AvgIpc) is 2.58. The molecule has 0 aromatic rings. The largest absolute Gasteiger partial charge is 0.297 e. The van der Waals surface area contributed by atoms with Crippen LogP contribution in [0.25, 0.3) is 0 Å². The summed E-state index contributed by atoms with van der Waals surface area (Å²) in [5.74, 6) is -0.00457. The van der Waals surface area contributed by atoms with E-state index in [0.717, 1.165) is 32.4 Å². The Bertz CT molecular complexity index is 346. The second kappa shape index (κ2) is 2.97. The summed E-state index contributed by atoms with van der Waals surface area (Å²) in [6, 6.07) is 0. The van der Waals surface area contributed by atoms with Crippen molar-refractivity contribution in [2.24, 2.45) is 11.3 Å². The van der Waals surface area contributed by atoms with E-state index in [1.54, 1.807) is 0 Å². The van der Waals surface area contributed by atoms with Crippen LogP contribution >= 0.6 is 0 Å². The van der Waals surface area contributed by atoms with Crippen LogP contribution in [0.4, 0.5) is 4.39 Å². The molecular weight excluding hydrogens is 189 g/mol. The summed E-state index contributed by atoms with van der Waals surface area (Å²) in [5.41, 5.74) is -0.551. The molecule has 15 heavy (non-hydrogen) atoms. The molecule has 2 aliphatic heterocycles. The van der Waals surface area contributed by atoms with Crippen LogP contribution in [0.15, 0.2) is 0 Å². The van der Waals surface area contributed by atoms with Crippen LogP contribution in [0.3, 0.4) is 0 Å². The van der Waals surface area contributed by atoms with Crippen molar-refractivity contribution in [3.63, 3.8) is 0 Å². The van der Waals surface area contributed by atoms with Crippen LogP contribution in [0.1, 0.15) is 48.6 Å². The molecule has 3 fully saturated rings. The highest BCUT2D eigenvalue weighted by Gasteiger charge is 2.66. The van der Waals surface area contributed by atoms with Crippen LogP contribution in [0, 0.1) is 11.3 Å². The first-order chi connectivity index (χ1) is 7.84. The van der Waals surface area contributed by atoms with E-state index in [1.807, 2.05) is 13.8 Å². The molecule has 3 rings (SSSR count). The minimum absolute atomic E-state index is 0.00457. The van der Waals surface area contributed by atoms with Gasteiger partial charge in [0.2, 0.25) is 0 Å². The van der Waals surface area contributed by atoms with Crippen LogP contribution in [0.5, 0.6) is 0 Å². The Balaban J connectivity index is 1.94. The van der Waals surface area contributed by atoms with E-state index in [-0.39, 0.29) is 16.9 Å². The number of rotatable bonds is 2. The smallest absolute Gasteiger partial charge is 0.108 e. The van der Waals surface area contributed by atoms with E-state index in [9.17, 15) is 4.39 Å². The minimum atomic E-state index is -1.20. The summed E-state index contributed by atoms with van der Waals surface area (Å²) in [6.45, 7) is 5.66. The molecule has 2 heterocycles. The van der Waals surface area contributed by atoms with E-state index in [2.05, 4.69) is 4.90 Å². The summed E-state index contributed by atoms with van der Waals surface area (Å²) < 4.78 is 30.5. The van der Waals surface area contributed by atoms with Gasteiger partial charge in [-0.2, -0.15) is 0 Å². The van der Waals surface area contributed by atoms with Gasteiger partial charge in [-0.3, -0.25) is 4.90 Å². The minimum Gasteiger partial charge on any atom is -0.297 e. The molecule has 2 heteroatoms. The Hall–Kier alpha value is -0.110. The normalized spacial score (nSPS) is 52.1. The number of hydrogen-bond donors (Lipinski definition) is 0. The van der Waals surface area contributed by atoms with E-state index in [4.69, 9.17) is 2.74 Å². The van der Waals surface area contributed by atoms with Gasteiger partial charge in [-0.25, -0.2) is 4.39 Å². The zero-order valence-corrected chi connectivity index (χ0v) is 9.72. The molecule has 1 spiro atoms. The Kier molecular flexibility index (Phi) is 1.59. The molecule has 0 aromatic heterocycles. The summed E-state index contributed by atoms with van der Waals surface area (Å²) in [7, 11) is 0. The van der Waals surface area contributed by atoms with Gasteiger partial charge in [0.25, 0.3) is 0 Å². The Morgan fingerprint density at radius 2 is 2.33 bits per heavy atom. The van der Waals surface area contributed by atoms with Crippen molar-refractivity contribution < 1.29 is 7.13 Å². The van der Waals surface area contributed by atoms with Gasteiger partial charge in [0.05, 0.1) is 0 Å². The SMILES string of the molecule is [2H]C([2H])(C(C)C)[C@@]12CCCN1C[C@]1(C[C@@H]1F)C2. The highest BCUT2D eigenvalue weighted by Crippen LogP contribution is 2.63. The van der Waals surface area contributed by atoms with E-state index >= 15 is 0 Å². The molecule has 0 unspecified atom stereocenters. The molecule has 2 saturated heterocycles. The maximum Gasteiger partial charge on any atom is 0.108 e. The highest BCUT2D eigenvalue weighted by molar-refractivity contribution is 5.18. The second-order valence-electron chi connectivity index (χ2n) is 6.07. The van der Waals surface area contributed by atoms with Gasteiger partial charge in [0.1, 0.15) is 6.17 Å². The van der Waals surface area contributed by atoms with Crippen molar-refractivity contribution in [3.05, 3.63) is 0 Å². The molecule has 0 amide bonds. The zero-order chi connectivity index (χ0) is 12.5. The molecule has 0 radical (unpaired) electrons. The summed E-state index contributed by atoms with van der Waals surface area (Å²) in [6.07, 6.45) is 1.51. The first-order valence-electron chi connectivity index (χ1n) is 7.23. The van der Waals surface area contributed by atoms with E-state index in [1.165, 1.54) is 0 Å². The first-order valence-corrected chi connectivity index (χ1v) is 6.23. The maximum absolute atomic E-state index is 13.6. The lowest BCUT2D eigenvalue weighted by molar-refractivity contribution is 0.163. The zero-order valence-electron chi connectivity index (χ0n) is 11.7. The fourth-order valence-corrected chi connectivity index (χ4v) is 3.78. The highest BCUT2D eigenvalue weighted by atomic mass is 19.1. The van der Waals surface area contributed by atoms with Crippen LogP contribution in [-0.2, 0) is 0 Å². The van der Waals surface area contributed by atoms with Gasteiger partial charge in [-0.05, 0) is 44.5 Å². The Morgan fingerprint density at radius 3 is 2.93 bits per heavy atom.